The van der Waals surface area contributed by atoms with E-state index in [0.717, 1.165) is 0 Å². The third kappa shape index (κ3) is 1.01. The smallest absolute Gasteiger partial charge is 0.205 e. The van der Waals surface area contributed by atoms with Crippen LogP contribution in [0.4, 0.5) is 26.3 Å². The number of alkyl halides is 6. The molecule has 1 rings (SSSR count). The van der Waals surface area contributed by atoms with Crippen LogP contribution in [-0.2, 0) is 0 Å². The highest BCUT2D eigenvalue weighted by Crippen LogP contribution is 2.61. The van der Waals surface area contributed by atoms with Gasteiger partial charge >= 0.3 is 11.8 Å². The van der Waals surface area contributed by atoms with Gasteiger partial charge in [0, 0.05) is 0 Å². The van der Waals surface area contributed by atoms with E-state index in [0.29, 0.717) is 0 Å². The minimum absolute atomic E-state index is 2.55. The summed E-state index contributed by atoms with van der Waals surface area (Å²) in [4.78, 5) is 0. The van der Waals surface area contributed by atoms with Crippen LogP contribution in [0.25, 0.3) is 0 Å². The van der Waals surface area contributed by atoms with Gasteiger partial charge in [-0.25, -0.2) is 8.78 Å². The van der Waals surface area contributed by atoms with Crippen molar-refractivity contribution in [1.29, 1.82) is 0 Å². The summed E-state index contributed by atoms with van der Waals surface area (Å²) < 4.78 is 70.2. The molecule has 1 aliphatic rings. The Bertz CT molecular complexity index is 255. The monoisotopic (exact) mass is 244 g/mol. The highest BCUT2D eigenvalue weighted by Gasteiger charge is 2.79. The molecule has 13 heavy (non-hydrogen) atoms. The van der Waals surface area contributed by atoms with E-state index < -0.39 is 27.8 Å². The van der Waals surface area contributed by atoms with Crippen LogP contribution in [0, 0.1) is 0 Å². The van der Waals surface area contributed by atoms with E-state index in [4.69, 9.17) is 0 Å². The lowest BCUT2D eigenvalue weighted by atomic mass is 10.2. The zero-order chi connectivity index (χ0) is 10.7. The van der Waals surface area contributed by atoms with Gasteiger partial charge in [0.1, 0.15) is 0 Å². The van der Waals surface area contributed by atoms with E-state index in [1.165, 1.54) is 0 Å². The molecular formula is C5Cl2F6. The third-order valence-electron chi connectivity index (χ3n) is 1.53. The summed E-state index contributed by atoms with van der Waals surface area (Å²) >= 11 is 9.10. The second-order valence-electron chi connectivity index (χ2n) is 2.35. The number of allylic oxidation sites excluding steroid dienone is 2. The fourth-order valence-electron chi connectivity index (χ4n) is 0.749. The minimum Gasteiger partial charge on any atom is -0.205 e. The summed E-state index contributed by atoms with van der Waals surface area (Å²) in [5, 5.41) is 0. The van der Waals surface area contributed by atoms with Crippen molar-refractivity contribution in [2.24, 2.45) is 0 Å². The molecule has 0 radical (unpaired) electrons. The number of hydrogen-bond donors (Lipinski definition) is 0. The topological polar surface area (TPSA) is 0 Å². The van der Waals surface area contributed by atoms with Gasteiger partial charge in [-0.2, -0.15) is 17.6 Å². The Morgan fingerprint density at radius 3 is 1.31 bits per heavy atom. The first-order valence-electron chi connectivity index (χ1n) is 2.76. The van der Waals surface area contributed by atoms with E-state index in [9.17, 15) is 26.3 Å². The van der Waals surface area contributed by atoms with Crippen molar-refractivity contribution < 1.29 is 26.3 Å². The molecule has 0 amide bonds. The summed E-state index contributed by atoms with van der Waals surface area (Å²) in [7, 11) is 0. The number of halogens is 8. The van der Waals surface area contributed by atoms with E-state index in [1.807, 2.05) is 0 Å². The molecule has 0 saturated heterocycles. The third-order valence-corrected chi connectivity index (χ3v) is 2.34. The molecule has 0 heterocycles. The molecule has 0 unspecified atom stereocenters. The zero-order valence-electron chi connectivity index (χ0n) is 5.52. The lowest BCUT2D eigenvalue weighted by Crippen LogP contribution is -2.47. The zero-order valence-corrected chi connectivity index (χ0v) is 7.04. The van der Waals surface area contributed by atoms with E-state index in [2.05, 4.69) is 23.2 Å². The van der Waals surface area contributed by atoms with Crippen LogP contribution in [-0.4, -0.2) is 16.2 Å². The molecule has 0 saturated carbocycles. The quantitative estimate of drug-likeness (QED) is 0.451. The van der Waals surface area contributed by atoms with Gasteiger partial charge in [0.25, 0.3) is 0 Å². The van der Waals surface area contributed by atoms with Crippen LogP contribution in [0.2, 0.25) is 0 Å². The van der Waals surface area contributed by atoms with Crippen molar-refractivity contribution in [3.8, 4) is 0 Å². The first-order chi connectivity index (χ1) is 5.57. The Kier molecular flexibility index (Phi) is 2.09. The molecule has 0 aliphatic heterocycles. The van der Waals surface area contributed by atoms with Crippen LogP contribution in [0.1, 0.15) is 0 Å². The number of hydrogen-bond acceptors (Lipinski definition) is 0. The lowest BCUT2D eigenvalue weighted by molar-refractivity contribution is -0.184. The molecule has 0 spiro atoms. The average molecular weight is 245 g/mol. The molecule has 0 nitrogen and oxygen atoms in total. The van der Waals surface area contributed by atoms with Crippen molar-refractivity contribution in [1.82, 2.24) is 0 Å². The van der Waals surface area contributed by atoms with Crippen LogP contribution >= 0.6 is 23.2 Å². The van der Waals surface area contributed by atoms with Crippen LogP contribution in [0.15, 0.2) is 11.7 Å². The van der Waals surface area contributed by atoms with Crippen LogP contribution in [0.3, 0.4) is 0 Å². The maximum absolute atomic E-state index is 12.5. The van der Waals surface area contributed by atoms with Crippen LogP contribution < -0.4 is 0 Å². The Morgan fingerprint density at radius 1 is 0.846 bits per heavy atom. The summed E-state index contributed by atoms with van der Waals surface area (Å²) in [6.07, 6.45) is 0. The second-order valence-corrected chi connectivity index (χ2v) is 3.68. The molecule has 0 fully saturated rings. The van der Waals surface area contributed by atoms with Gasteiger partial charge in [0.2, 0.25) is 10.2 Å². The predicted molar refractivity (Wildman–Crippen MR) is 33.6 cm³/mol. The maximum Gasteiger partial charge on any atom is 0.367 e. The van der Waals surface area contributed by atoms with Gasteiger partial charge in [-0.1, -0.05) is 23.2 Å². The molecule has 0 aromatic rings. The minimum atomic E-state index is -5.30. The Balaban J connectivity index is 3.39. The highest BCUT2D eigenvalue weighted by atomic mass is 35.5. The highest BCUT2D eigenvalue weighted by molar-refractivity contribution is 6.51. The fourth-order valence-corrected chi connectivity index (χ4v) is 1.15. The molecule has 1 aliphatic carbocycles. The molecule has 0 bridgehead atoms. The maximum atomic E-state index is 12.5. The summed E-state index contributed by atoms with van der Waals surface area (Å²) in [5.74, 6) is -16.0. The van der Waals surface area contributed by atoms with Gasteiger partial charge in [0.15, 0.2) is 5.83 Å². The summed E-state index contributed by atoms with van der Waals surface area (Å²) in [6, 6.07) is 0. The molecule has 0 aromatic heterocycles. The van der Waals surface area contributed by atoms with Crippen LogP contribution in [0.5, 0.6) is 0 Å². The Morgan fingerprint density at radius 2 is 1.23 bits per heavy atom. The van der Waals surface area contributed by atoms with Crippen molar-refractivity contribution in [2.45, 2.75) is 16.2 Å². The van der Waals surface area contributed by atoms with E-state index in [1.54, 1.807) is 0 Å². The standard InChI is InChI=1S/C5Cl2F6/c6-3(7)1(8)2(9)4(10,11)5(3,12)13. The summed E-state index contributed by atoms with van der Waals surface area (Å²) in [5.41, 5.74) is 0. The predicted octanol–water partition coefficient (Wildman–Crippen LogP) is 3.60. The SMILES string of the molecule is FC1=C(F)C(Cl)(Cl)C(F)(F)C1(F)F. The summed E-state index contributed by atoms with van der Waals surface area (Å²) in [6.45, 7) is 0. The van der Waals surface area contributed by atoms with Gasteiger partial charge < -0.3 is 0 Å². The normalized spacial score (nSPS) is 29.5. The molecule has 0 N–H and O–H groups in total. The Hall–Kier alpha value is -0.100. The molecular weight excluding hydrogens is 245 g/mol. The van der Waals surface area contributed by atoms with Crippen molar-refractivity contribution in [2.75, 3.05) is 0 Å². The largest absolute Gasteiger partial charge is 0.367 e. The molecule has 0 atom stereocenters. The molecule has 8 heteroatoms. The Labute approximate surface area is 78.1 Å². The van der Waals surface area contributed by atoms with Crippen molar-refractivity contribution in [3.05, 3.63) is 11.7 Å². The first-order valence-corrected chi connectivity index (χ1v) is 3.52. The lowest BCUT2D eigenvalue weighted by Gasteiger charge is -2.25. The average Bonchev–Trinajstić information content (AvgIpc) is 2.05. The molecule has 76 valence electrons. The van der Waals surface area contributed by atoms with Gasteiger partial charge in [-0.05, 0) is 0 Å². The van der Waals surface area contributed by atoms with Crippen molar-refractivity contribution in [3.63, 3.8) is 0 Å². The van der Waals surface area contributed by atoms with E-state index >= 15 is 0 Å². The van der Waals surface area contributed by atoms with Gasteiger partial charge in [0.05, 0.1) is 0 Å². The van der Waals surface area contributed by atoms with Gasteiger partial charge in [-0.15, -0.1) is 0 Å². The fraction of sp³-hybridized carbons (Fsp3) is 0.600. The molecule has 0 aromatic carbocycles. The van der Waals surface area contributed by atoms with E-state index in [-0.39, 0.29) is 0 Å². The van der Waals surface area contributed by atoms with Crippen molar-refractivity contribution >= 4 is 23.2 Å². The first kappa shape index (κ1) is 11.0. The second kappa shape index (κ2) is 2.48. The number of rotatable bonds is 0. The van der Waals surface area contributed by atoms with Gasteiger partial charge in [-0.3, -0.25) is 0 Å².